The van der Waals surface area contributed by atoms with Crippen molar-refractivity contribution in [1.29, 1.82) is 0 Å². The Balaban J connectivity index is 1.37. The molecule has 4 aromatic rings. The molecule has 2 aliphatic rings. The number of thiazole rings is 1. The van der Waals surface area contributed by atoms with Gasteiger partial charge in [-0.3, -0.25) is 14.2 Å². The molecule has 3 atom stereocenters. The van der Waals surface area contributed by atoms with E-state index in [1.54, 1.807) is 47.9 Å². The Kier molecular flexibility index (Phi) is 5.78. The second-order valence-electron chi connectivity index (χ2n) is 9.05. The fourth-order valence-electron chi connectivity index (χ4n) is 4.98. The Hall–Kier alpha value is -3.33. The second-order valence-corrected chi connectivity index (χ2v) is 10.8. The van der Waals surface area contributed by atoms with Crippen LogP contribution in [0.4, 0.5) is 0 Å². The predicted molar refractivity (Wildman–Crippen MR) is 140 cm³/mol. The van der Waals surface area contributed by atoms with Gasteiger partial charge in [0.1, 0.15) is 46.4 Å². The maximum Gasteiger partial charge on any atom is 0.271 e. The van der Waals surface area contributed by atoms with Crippen molar-refractivity contribution < 1.29 is 18.7 Å². The molecule has 10 heteroatoms. The summed E-state index contributed by atoms with van der Waals surface area (Å²) >= 11 is 13.5. The van der Waals surface area contributed by atoms with E-state index in [4.69, 9.17) is 42.1 Å². The highest BCUT2D eigenvalue weighted by atomic mass is 35.5. The van der Waals surface area contributed by atoms with E-state index in [1.807, 2.05) is 24.3 Å². The standard InChI is InChI=1S/C27H20Cl2N2O5S/c1-14(32)22-24-17-6-3-4-8-19(17)36-27(22,2)30-26-31(24)25(33)21(37-26)12-15-10-11-16(35-15)13-34-20-9-5-7-18(28)23(20)29/h3-12,22,24H,13H2,1-2H3/b21-12+/t22-,24-,27+/m1/s1. The molecule has 2 aromatic heterocycles. The molecule has 0 aliphatic carbocycles. The van der Waals surface area contributed by atoms with Crippen molar-refractivity contribution in [3.63, 3.8) is 0 Å². The molecule has 188 valence electrons. The summed E-state index contributed by atoms with van der Waals surface area (Å²) < 4.78 is 19.9. The van der Waals surface area contributed by atoms with Crippen molar-refractivity contribution in [2.24, 2.45) is 10.9 Å². The van der Waals surface area contributed by atoms with Gasteiger partial charge in [-0.15, -0.1) is 0 Å². The molecular weight excluding hydrogens is 535 g/mol. The summed E-state index contributed by atoms with van der Waals surface area (Å²) in [6.07, 6.45) is 1.67. The monoisotopic (exact) mass is 554 g/mol. The van der Waals surface area contributed by atoms with Crippen LogP contribution in [0.25, 0.3) is 6.08 Å². The van der Waals surface area contributed by atoms with Crippen LogP contribution in [0.15, 0.2) is 68.8 Å². The van der Waals surface area contributed by atoms with E-state index in [1.165, 1.54) is 18.3 Å². The zero-order chi connectivity index (χ0) is 25.9. The van der Waals surface area contributed by atoms with Gasteiger partial charge < -0.3 is 13.9 Å². The molecule has 0 fully saturated rings. The van der Waals surface area contributed by atoms with Gasteiger partial charge in [0.2, 0.25) is 5.72 Å². The molecular formula is C27H20Cl2N2O5S. The van der Waals surface area contributed by atoms with Crippen molar-refractivity contribution in [2.75, 3.05) is 0 Å². The van der Waals surface area contributed by atoms with Crippen LogP contribution >= 0.6 is 34.5 Å². The van der Waals surface area contributed by atoms with E-state index in [-0.39, 0.29) is 17.9 Å². The lowest BCUT2D eigenvalue weighted by atomic mass is 9.79. The number of carbonyl (C=O) groups is 1. The minimum atomic E-state index is -1.10. The van der Waals surface area contributed by atoms with E-state index in [0.717, 1.165) is 5.56 Å². The summed E-state index contributed by atoms with van der Waals surface area (Å²) in [6, 6.07) is 15.6. The third-order valence-corrected chi connectivity index (χ3v) is 8.34. The number of hydrogen-bond donors (Lipinski definition) is 0. The number of furan rings is 1. The fraction of sp³-hybridized carbons (Fsp3) is 0.222. The first-order valence-corrected chi connectivity index (χ1v) is 13.1. The van der Waals surface area contributed by atoms with Crippen LogP contribution < -0.4 is 24.4 Å². The number of nitrogens with zero attached hydrogens (tertiary/aromatic N) is 2. The molecule has 6 rings (SSSR count). The first kappa shape index (κ1) is 24.0. The molecule has 2 aliphatic heterocycles. The molecule has 0 saturated carbocycles. The Morgan fingerprint density at radius 1 is 1.19 bits per heavy atom. The Labute approximate surface area is 225 Å². The minimum absolute atomic E-state index is 0.0875. The number of benzene rings is 2. The minimum Gasteiger partial charge on any atom is -0.484 e. The van der Waals surface area contributed by atoms with Gasteiger partial charge >= 0.3 is 0 Å². The zero-order valence-corrected chi connectivity index (χ0v) is 22.1. The normalized spacial score (nSPS) is 22.0. The number of aromatic nitrogens is 1. The molecule has 0 N–H and O–H groups in total. The summed E-state index contributed by atoms with van der Waals surface area (Å²) in [4.78, 5) is 31.6. The van der Waals surface area contributed by atoms with Crippen LogP contribution in [0, 0.1) is 5.92 Å². The molecule has 0 unspecified atom stereocenters. The van der Waals surface area contributed by atoms with Gasteiger partial charge in [-0.2, -0.15) is 0 Å². The quantitative estimate of drug-likeness (QED) is 0.355. The lowest BCUT2D eigenvalue weighted by Gasteiger charge is -2.45. The highest BCUT2D eigenvalue weighted by molar-refractivity contribution is 7.07. The SMILES string of the molecule is CC(=O)[C@@H]1[C@H]2c3ccccc3O[C@]1(C)N=c1s/c(=C/c3ccc(COc4cccc(Cl)c4Cl)o3)c(=O)n12. The largest absolute Gasteiger partial charge is 0.484 e. The summed E-state index contributed by atoms with van der Waals surface area (Å²) in [5, 5.41) is 0.732. The number of ether oxygens (including phenoxy) is 2. The molecule has 4 heterocycles. The first-order chi connectivity index (χ1) is 17.7. The third kappa shape index (κ3) is 4.00. The number of rotatable bonds is 5. The topological polar surface area (TPSA) is 83.0 Å². The molecule has 0 spiro atoms. The van der Waals surface area contributed by atoms with Crippen molar-refractivity contribution in [3.8, 4) is 11.5 Å². The Morgan fingerprint density at radius 2 is 2.00 bits per heavy atom. The van der Waals surface area contributed by atoms with Crippen LogP contribution in [0.3, 0.4) is 0 Å². The van der Waals surface area contributed by atoms with Crippen LogP contribution in [0.1, 0.15) is 37.0 Å². The van der Waals surface area contributed by atoms with Gasteiger partial charge in [0.05, 0.1) is 15.6 Å². The molecule has 2 aromatic carbocycles. The van der Waals surface area contributed by atoms with Gasteiger partial charge in [-0.05, 0) is 44.2 Å². The van der Waals surface area contributed by atoms with Crippen molar-refractivity contribution in [1.82, 2.24) is 4.57 Å². The van der Waals surface area contributed by atoms with Gasteiger partial charge in [0.25, 0.3) is 5.56 Å². The van der Waals surface area contributed by atoms with Crippen LogP contribution in [0.5, 0.6) is 11.5 Å². The Morgan fingerprint density at radius 3 is 2.81 bits per heavy atom. The summed E-state index contributed by atoms with van der Waals surface area (Å²) in [6.45, 7) is 3.45. The number of halogens is 2. The maximum absolute atomic E-state index is 13.6. The Bertz CT molecular complexity index is 1740. The van der Waals surface area contributed by atoms with E-state index < -0.39 is 17.7 Å². The second kappa shape index (κ2) is 8.90. The summed E-state index contributed by atoms with van der Waals surface area (Å²) in [7, 11) is 0. The van der Waals surface area contributed by atoms with E-state index in [9.17, 15) is 9.59 Å². The predicted octanol–water partition coefficient (Wildman–Crippen LogP) is 4.75. The van der Waals surface area contributed by atoms with Gasteiger partial charge in [0.15, 0.2) is 4.80 Å². The van der Waals surface area contributed by atoms with E-state index in [2.05, 4.69) is 0 Å². The van der Waals surface area contributed by atoms with Gasteiger partial charge in [-0.1, -0.05) is 58.8 Å². The van der Waals surface area contributed by atoms with E-state index >= 15 is 0 Å². The number of fused-ring (bicyclic) bond motifs is 6. The third-order valence-electron chi connectivity index (χ3n) is 6.56. The lowest BCUT2D eigenvalue weighted by molar-refractivity contribution is -0.132. The number of hydrogen-bond acceptors (Lipinski definition) is 7. The highest BCUT2D eigenvalue weighted by Gasteiger charge is 2.53. The summed E-state index contributed by atoms with van der Waals surface area (Å²) in [5.74, 6) is 1.40. The van der Waals surface area contributed by atoms with Crippen LogP contribution in [0.2, 0.25) is 10.0 Å². The van der Waals surface area contributed by atoms with Crippen LogP contribution in [-0.2, 0) is 11.4 Å². The highest BCUT2D eigenvalue weighted by Crippen LogP contribution is 2.47. The van der Waals surface area contributed by atoms with Gasteiger partial charge in [-0.25, -0.2) is 4.99 Å². The van der Waals surface area contributed by atoms with Crippen molar-refractivity contribution >= 4 is 46.4 Å². The lowest BCUT2D eigenvalue weighted by Crippen LogP contribution is -2.58. The maximum atomic E-state index is 13.6. The molecule has 0 amide bonds. The van der Waals surface area contributed by atoms with Crippen molar-refractivity contribution in [2.45, 2.75) is 32.2 Å². The fourth-order valence-corrected chi connectivity index (χ4v) is 6.41. The number of Topliss-reactive ketones (excluding diaryl/α,β-unsaturated/α-hetero) is 1. The first-order valence-electron chi connectivity index (χ1n) is 11.5. The average Bonchev–Trinajstić information content (AvgIpc) is 3.42. The molecule has 7 nitrogen and oxygen atoms in total. The average molecular weight is 555 g/mol. The molecule has 2 bridgehead atoms. The van der Waals surface area contributed by atoms with Crippen molar-refractivity contribution in [3.05, 3.63) is 101 Å². The molecule has 0 radical (unpaired) electrons. The number of ketones is 1. The zero-order valence-electron chi connectivity index (χ0n) is 19.7. The number of carbonyl (C=O) groups excluding carboxylic acids is 1. The van der Waals surface area contributed by atoms with Gasteiger partial charge in [0, 0.05) is 11.6 Å². The van der Waals surface area contributed by atoms with E-state index in [0.29, 0.717) is 42.4 Å². The molecule has 0 saturated heterocycles. The number of para-hydroxylation sites is 1. The molecule has 37 heavy (non-hydrogen) atoms. The van der Waals surface area contributed by atoms with Crippen LogP contribution in [-0.4, -0.2) is 16.1 Å². The summed E-state index contributed by atoms with van der Waals surface area (Å²) in [5.41, 5.74) is -0.547. The smallest absolute Gasteiger partial charge is 0.271 e.